The summed E-state index contributed by atoms with van der Waals surface area (Å²) in [6.45, 7) is 0. The molecule has 5 rings (SSSR count). The minimum Gasteiger partial charge on any atom is -0.481 e. The van der Waals surface area contributed by atoms with Crippen LogP contribution in [-0.4, -0.2) is 28.9 Å². The normalized spacial score (nSPS) is 20.5. The first kappa shape index (κ1) is 20.5. The Kier molecular flexibility index (Phi) is 5.10. The molecule has 1 heterocycles. The highest BCUT2D eigenvalue weighted by atomic mass is 35.5. The Morgan fingerprint density at radius 1 is 0.938 bits per heavy atom. The Balaban J connectivity index is 1.51. The van der Waals surface area contributed by atoms with Gasteiger partial charge in [-0.15, -0.1) is 0 Å². The molecule has 1 saturated carbocycles. The number of hydrogen-bond donors (Lipinski definition) is 2. The number of carbonyl (C=O) groups excluding carboxylic acids is 2. The zero-order valence-electron chi connectivity index (χ0n) is 17.2. The van der Waals surface area contributed by atoms with Crippen molar-refractivity contribution in [2.24, 2.45) is 5.92 Å². The lowest BCUT2D eigenvalue weighted by molar-refractivity contribution is -0.142. The molecule has 3 aromatic carbocycles. The highest BCUT2D eigenvalue weighted by Gasteiger charge is 2.35. The van der Waals surface area contributed by atoms with Gasteiger partial charge in [-0.25, -0.2) is 4.90 Å². The average Bonchev–Trinajstić information content (AvgIpc) is 2.78. The van der Waals surface area contributed by atoms with Crippen molar-refractivity contribution >= 4 is 51.5 Å². The molecule has 32 heavy (non-hydrogen) atoms. The summed E-state index contributed by atoms with van der Waals surface area (Å²) in [7, 11) is 0. The number of amides is 2. The van der Waals surface area contributed by atoms with Gasteiger partial charge in [-0.05, 0) is 62.1 Å². The molecule has 2 amide bonds. The number of rotatable bonds is 4. The van der Waals surface area contributed by atoms with E-state index >= 15 is 0 Å². The van der Waals surface area contributed by atoms with Gasteiger partial charge in [-0.1, -0.05) is 29.8 Å². The first-order chi connectivity index (χ1) is 15.4. The van der Waals surface area contributed by atoms with Crippen molar-refractivity contribution in [3.05, 3.63) is 70.7 Å². The first-order valence-corrected chi connectivity index (χ1v) is 11.0. The van der Waals surface area contributed by atoms with E-state index in [0.29, 0.717) is 40.1 Å². The summed E-state index contributed by atoms with van der Waals surface area (Å²) in [6.07, 6.45) is 2.81. The molecule has 162 valence electrons. The maximum Gasteiger partial charge on any atom is 0.306 e. The number of carboxylic acid groups (broad SMARTS) is 1. The number of benzene rings is 3. The number of nitrogens with zero attached hydrogens (tertiary/aromatic N) is 1. The van der Waals surface area contributed by atoms with Crippen LogP contribution in [0.2, 0.25) is 5.02 Å². The van der Waals surface area contributed by atoms with Gasteiger partial charge in [0.15, 0.2) is 0 Å². The predicted octanol–water partition coefficient (Wildman–Crippen LogP) is 5.35. The zero-order chi connectivity index (χ0) is 22.4. The molecular weight excluding hydrogens is 428 g/mol. The van der Waals surface area contributed by atoms with Crippen LogP contribution in [0.15, 0.2) is 54.6 Å². The molecular formula is C25H21ClN2O4. The SMILES string of the molecule is O=C(O)C1CCC(Nc2ccc3c4c(cccc24)C(=O)N(c2cccc(Cl)c2)C3=O)CC1. The summed E-state index contributed by atoms with van der Waals surface area (Å²) in [6, 6.07) is 15.9. The third-order valence-corrected chi connectivity index (χ3v) is 6.65. The Morgan fingerprint density at radius 3 is 2.31 bits per heavy atom. The molecule has 0 unspecified atom stereocenters. The molecule has 1 fully saturated rings. The van der Waals surface area contributed by atoms with Crippen molar-refractivity contribution < 1.29 is 19.5 Å². The van der Waals surface area contributed by atoms with Crippen LogP contribution < -0.4 is 10.2 Å². The standard InChI is InChI=1S/C25H21ClN2O4/c26-15-3-1-4-17(13-15)28-23(29)19-6-2-5-18-21(12-11-20(22(18)19)24(28)30)27-16-9-7-14(8-10-16)25(31)32/h1-6,11-14,16,27H,7-10H2,(H,31,32). The summed E-state index contributed by atoms with van der Waals surface area (Å²) in [4.78, 5) is 39.0. The Hall–Kier alpha value is -3.38. The largest absolute Gasteiger partial charge is 0.481 e. The number of imide groups is 1. The molecule has 3 aromatic rings. The first-order valence-electron chi connectivity index (χ1n) is 10.6. The highest BCUT2D eigenvalue weighted by Crippen LogP contribution is 2.37. The number of carboxylic acids is 1. The van der Waals surface area contributed by atoms with Gasteiger partial charge in [0, 0.05) is 38.7 Å². The fraction of sp³-hybridized carbons (Fsp3) is 0.240. The third-order valence-electron chi connectivity index (χ3n) is 6.41. The van der Waals surface area contributed by atoms with Gasteiger partial charge in [-0.3, -0.25) is 14.4 Å². The summed E-state index contributed by atoms with van der Waals surface area (Å²) in [5.74, 6) is -1.77. The average molecular weight is 449 g/mol. The summed E-state index contributed by atoms with van der Waals surface area (Å²) in [5, 5.41) is 14.6. The van der Waals surface area contributed by atoms with Crippen molar-refractivity contribution in [1.29, 1.82) is 0 Å². The number of halogens is 1. The molecule has 0 bridgehead atoms. The fourth-order valence-corrected chi connectivity index (χ4v) is 4.96. The smallest absolute Gasteiger partial charge is 0.306 e. The number of anilines is 2. The lowest BCUT2D eigenvalue weighted by atomic mass is 9.85. The van der Waals surface area contributed by atoms with Crippen LogP contribution in [0, 0.1) is 5.92 Å². The van der Waals surface area contributed by atoms with E-state index in [1.54, 1.807) is 36.4 Å². The Labute approximate surface area is 189 Å². The maximum atomic E-state index is 13.3. The molecule has 1 aliphatic carbocycles. The lowest BCUT2D eigenvalue weighted by Gasteiger charge is -2.30. The van der Waals surface area contributed by atoms with Crippen LogP contribution in [0.1, 0.15) is 46.4 Å². The Bertz CT molecular complexity index is 1240. The van der Waals surface area contributed by atoms with Crippen LogP contribution in [0.4, 0.5) is 11.4 Å². The molecule has 2 N–H and O–H groups in total. The highest BCUT2D eigenvalue weighted by molar-refractivity contribution is 6.37. The van der Waals surface area contributed by atoms with Crippen molar-refractivity contribution in [2.45, 2.75) is 31.7 Å². The van der Waals surface area contributed by atoms with E-state index in [1.165, 1.54) is 4.90 Å². The van der Waals surface area contributed by atoms with Crippen LogP contribution >= 0.6 is 11.6 Å². The van der Waals surface area contributed by atoms with Crippen molar-refractivity contribution in [1.82, 2.24) is 0 Å². The monoisotopic (exact) mass is 448 g/mol. The second kappa shape index (κ2) is 7.95. The van der Waals surface area contributed by atoms with Crippen LogP contribution in [0.5, 0.6) is 0 Å². The summed E-state index contributed by atoms with van der Waals surface area (Å²) >= 11 is 6.09. The van der Waals surface area contributed by atoms with Crippen LogP contribution in [0.25, 0.3) is 10.8 Å². The molecule has 0 saturated heterocycles. The molecule has 2 aliphatic rings. The predicted molar refractivity (Wildman–Crippen MR) is 124 cm³/mol. The Morgan fingerprint density at radius 2 is 1.62 bits per heavy atom. The quantitative estimate of drug-likeness (QED) is 0.525. The van der Waals surface area contributed by atoms with E-state index in [4.69, 9.17) is 11.6 Å². The van der Waals surface area contributed by atoms with E-state index in [9.17, 15) is 19.5 Å². The van der Waals surface area contributed by atoms with Gasteiger partial charge in [-0.2, -0.15) is 0 Å². The van der Waals surface area contributed by atoms with Crippen molar-refractivity contribution in [3.8, 4) is 0 Å². The molecule has 1 aliphatic heterocycles. The molecule has 7 heteroatoms. The third kappa shape index (κ3) is 3.41. The van der Waals surface area contributed by atoms with E-state index in [0.717, 1.165) is 23.9 Å². The molecule has 0 atom stereocenters. The minimum absolute atomic E-state index is 0.153. The van der Waals surface area contributed by atoms with Gasteiger partial charge in [0.05, 0.1) is 11.6 Å². The van der Waals surface area contributed by atoms with Crippen LogP contribution in [0.3, 0.4) is 0 Å². The van der Waals surface area contributed by atoms with Gasteiger partial charge in [0.2, 0.25) is 0 Å². The topological polar surface area (TPSA) is 86.7 Å². The van der Waals surface area contributed by atoms with Crippen molar-refractivity contribution in [3.63, 3.8) is 0 Å². The number of carbonyl (C=O) groups is 3. The number of aliphatic carboxylic acids is 1. The maximum absolute atomic E-state index is 13.3. The number of hydrogen-bond acceptors (Lipinski definition) is 4. The minimum atomic E-state index is -0.730. The van der Waals surface area contributed by atoms with E-state index in [2.05, 4.69) is 5.32 Å². The van der Waals surface area contributed by atoms with Crippen LogP contribution in [-0.2, 0) is 4.79 Å². The summed E-state index contributed by atoms with van der Waals surface area (Å²) in [5.41, 5.74) is 2.22. The van der Waals surface area contributed by atoms with Crippen molar-refractivity contribution in [2.75, 3.05) is 10.2 Å². The molecule has 6 nitrogen and oxygen atoms in total. The zero-order valence-corrected chi connectivity index (χ0v) is 17.9. The number of nitrogens with one attached hydrogen (secondary N) is 1. The fourth-order valence-electron chi connectivity index (χ4n) is 4.78. The van der Waals surface area contributed by atoms with Gasteiger partial charge >= 0.3 is 5.97 Å². The van der Waals surface area contributed by atoms with E-state index < -0.39 is 5.97 Å². The second-order valence-electron chi connectivity index (χ2n) is 8.35. The van der Waals surface area contributed by atoms with E-state index in [1.807, 2.05) is 18.2 Å². The van der Waals surface area contributed by atoms with Gasteiger partial charge < -0.3 is 10.4 Å². The van der Waals surface area contributed by atoms with Gasteiger partial charge in [0.1, 0.15) is 0 Å². The van der Waals surface area contributed by atoms with Gasteiger partial charge in [0.25, 0.3) is 11.8 Å². The molecule has 0 spiro atoms. The molecule has 0 aromatic heterocycles. The molecule has 0 radical (unpaired) electrons. The van der Waals surface area contributed by atoms with E-state index in [-0.39, 0.29) is 23.8 Å². The summed E-state index contributed by atoms with van der Waals surface area (Å²) < 4.78 is 0. The second-order valence-corrected chi connectivity index (χ2v) is 8.78. The lowest BCUT2D eigenvalue weighted by Crippen LogP contribution is -2.40.